The maximum absolute atomic E-state index is 13.0. The topological polar surface area (TPSA) is 79.5 Å². The SMILES string of the molecule is O=C(Nc1ccc(SCc2cc3ccc(O)cc3oc2=O)cc1)c1ccc(F)cc1. The van der Waals surface area contributed by atoms with Crippen molar-refractivity contribution in [1.82, 2.24) is 0 Å². The van der Waals surface area contributed by atoms with Gasteiger partial charge in [-0.3, -0.25) is 4.79 Å². The van der Waals surface area contributed by atoms with Crippen LogP contribution >= 0.6 is 11.8 Å². The second-order valence-corrected chi connectivity index (χ2v) is 7.60. The van der Waals surface area contributed by atoms with E-state index in [0.29, 0.717) is 28.2 Å². The number of nitrogens with one attached hydrogen (secondary N) is 1. The van der Waals surface area contributed by atoms with Crippen molar-refractivity contribution in [2.45, 2.75) is 10.6 Å². The van der Waals surface area contributed by atoms with Crippen molar-refractivity contribution in [3.05, 3.63) is 100 Å². The summed E-state index contributed by atoms with van der Waals surface area (Å²) in [6, 6.07) is 18.9. The molecule has 0 unspecified atom stereocenters. The maximum atomic E-state index is 13.0. The number of thioether (sulfide) groups is 1. The number of phenolic OH excluding ortho intramolecular Hbond substituents is 1. The molecule has 1 heterocycles. The van der Waals surface area contributed by atoms with E-state index in [0.717, 1.165) is 10.3 Å². The lowest BCUT2D eigenvalue weighted by molar-refractivity contribution is 0.102. The first-order chi connectivity index (χ1) is 14.5. The van der Waals surface area contributed by atoms with Gasteiger partial charge in [0.15, 0.2) is 0 Å². The summed E-state index contributed by atoms with van der Waals surface area (Å²) in [6.45, 7) is 0. The number of hydrogen-bond acceptors (Lipinski definition) is 5. The molecule has 0 spiro atoms. The Morgan fingerprint density at radius 2 is 1.73 bits per heavy atom. The van der Waals surface area contributed by atoms with Crippen LogP contribution in [0.25, 0.3) is 11.0 Å². The lowest BCUT2D eigenvalue weighted by atomic mass is 10.2. The number of hydrogen-bond donors (Lipinski definition) is 2. The highest BCUT2D eigenvalue weighted by molar-refractivity contribution is 7.98. The smallest absolute Gasteiger partial charge is 0.340 e. The van der Waals surface area contributed by atoms with Gasteiger partial charge < -0.3 is 14.8 Å². The number of phenols is 1. The van der Waals surface area contributed by atoms with Crippen LogP contribution in [0.15, 0.2) is 86.9 Å². The van der Waals surface area contributed by atoms with Crippen LogP contribution in [0.3, 0.4) is 0 Å². The van der Waals surface area contributed by atoms with Gasteiger partial charge in [-0.15, -0.1) is 11.8 Å². The van der Waals surface area contributed by atoms with Crippen LogP contribution in [0.2, 0.25) is 0 Å². The molecule has 0 aliphatic carbocycles. The zero-order chi connectivity index (χ0) is 21.1. The molecule has 7 heteroatoms. The molecule has 0 aliphatic heterocycles. The first-order valence-corrected chi connectivity index (χ1v) is 10.0. The summed E-state index contributed by atoms with van der Waals surface area (Å²) >= 11 is 1.46. The van der Waals surface area contributed by atoms with Crippen molar-refractivity contribution in [2.75, 3.05) is 5.32 Å². The third-order valence-electron chi connectivity index (χ3n) is 4.40. The summed E-state index contributed by atoms with van der Waals surface area (Å²) in [5, 5.41) is 13.0. The number of halogens is 1. The normalized spacial score (nSPS) is 10.8. The standard InChI is InChI=1S/C23H16FNO4S/c24-17-4-1-14(2-5-17)22(27)25-18-6-9-20(10-7-18)30-13-16-11-15-3-8-19(26)12-21(15)29-23(16)28/h1-12,26H,13H2,(H,25,27). The van der Waals surface area contributed by atoms with Crippen molar-refractivity contribution >= 4 is 34.3 Å². The van der Waals surface area contributed by atoms with E-state index in [4.69, 9.17) is 4.42 Å². The first kappa shape index (κ1) is 19.7. The molecule has 0 saturated carbocycles. The Morgan fingerprint density at radius 3 is 2.47 bits per heavy atom. The Balaban J connectivity index is 1.41. The van der Waals surface area contributed by atoms with Gasteiger partial charge in [0.25, 0.3) is 5.91 Å². The van der Waals surface area contributed by atoms with Gasteiger partial charge in [0, 0.05) is 38.9 Å². The third-order valence-corrected chi connectivity index (χ3v) is 5.47. The van der Waals surface area contributed by atoms with Crippen molar-refractivity contribution in [3.8, 4) is 5.75 Å². The van der Waals surface area contributed by atoms with E-state index < -0.39 is 11.4 Å². The fraction of sp³-hybridized carbons (Fsp3) is 0.0435. The lowest BCUT2D eigenvalue weighted by Gasteiger charge is -2.07. The van der Waals surface area contributed by atoms with E-state index >= 15 is 0 Å². The molecular weight excluding hydrogens is 405 g/mol. The Labute approximate surface area is 175 Å². The molecule has 0 radical (unpaired) electrons. The van der Waals surface area contributed by atoms with Crippen molar-refractivity contribution in [2.24, 2.45) is 0 Å². The van der Waals surface area contributed by atoms with Crippen LogP contribution in [0.4, 0.5) is 10.1 Å². The molecular formula is C23H16FNO4S. The van der Waals surface area contributed by atoms with Gasteiger partial charge in [-0.05, 0) is 66.7 Å². The number of benzene rings is 3. The minimum atomic E-state index is -0.441. The van der Waals surface area contributed by atoms with Crippen LogP contribution in [0, 0.1) is 5.82 Å². The second-order valence-electron chi connectivity index (χ2n) is 6.56. The summed E-state index contributed by atoms with van der Waals surface area (Å²) in [4.78, 5) is 25.3. The Hall–Kier alpha value is -3.58. The van der Waals surface area contributed by atoms with E-state index in [9.17, 15) is 19.1 Å². The number of carbonyl (C=O) groups excluding carboxylic acids is 1. The minimum absolute atomic E-state index is 0.0411. The van der Waals surface area contributed by atoms with Crippen LogP contribution in [-0.2, 0) is 5.75 Å². The van der Waals surface area contributed by atoms with Crippen LogP contribution in [-0.4, -0.2) is 11.0 Å². The Kier molecular flexibility index (Phi) is 5.54. The molecule has 5 nitrogen and oxygen atoms in total. The van der Waals surface area contributed by atoms with Gasteiger partial charge in [-0.2, -0.15) is 0 Å². The van der Waals surface area contributed by atoms with Gasteiger partial charge in [0.2, 0.25) is 0 Å². The summed E-state index contributed by atoms with van der Waals surface area (Å²) in [6.07, 6.45) is 0. The number of carbonyl (C=O) groups is 1. The number of fused-ring (bicyclic) bond motifs is 1. The third kappa shape index (κ3) is 4.52. The number of anilines is 1. The highest BCUT2D eigenvalue weighted by Gasteiger charge is 2.09. The van der Waals surface area contributed by atoms with E-state index in [1.54, 1.807) is 24.3 Å². The quantitative estimate of drug-likeness (QED) is 0.343. The predicted molar refractivity (Wildman–Crippen MR) is 115 cm³/mol. The van der Waals surface area contributed by atoms with E-state index in [1.165, 1.54) is 48.2 Å². The lowest BCUT2D eigenvalue weighted by Crippen LogP contribution is -2.11. The van der Waals surface area contributed by atoms with Crippen molar-refractivity contribution in [3.63, 3.8) is 0 Å². The van der Waals surface area contributed by atoms with E-state index in [-0.39, 0.29) is 11.7 Å². The molecule has 30 heavy (non-hydrogen) atoms. The van der Waals surface area contributed by atoms with Crippen LogP contribution < -0.4 is 10.9 Å². The molecule has 3 aromatic carbocycles. The fourth-order valence-electron chi connectivity index (χ4n) is 2.84. The Morgan fingerprint density at radius 1 is 1.00 bits per heavy atom. The Bertz CT molecular complexity index is 1270. The molecule has 150 valence electrons. The number of amides is 1. The molecule has 0 atom stereocenters. The zero-order valence-electron chi connectivity index (χ0n) is 15.6. The molecule has 2 N–H and O–H groups in total. The van der Waals surface area contributed by atoms with E-state index in [2.05, 4.69) is 5.32 Å². The van der Waals surface area contributed by atoms with Crippen molar-refractivity contribution < 1.29 is 18.7 Å². The highest BCUT2D eigenvalue weighted by atomic mass is 32.2. The van der Waals surface area contributed by atoms with Gasteiger partial charge in [0.05, 0.1) is 0 Å². The molecule has 0 fully saturated rings. The van der Waals surface area contributed by atoms with Crippen molar-refractivity contribution in [1.29, 1.82) is 0 Å². The summed E-state index contributed by atoms with van der Waals surface area (Å²) in [7, 11) is 0. The number of rotatable bonds is 5. The average Bonchev–Trinajstić information content (AvgIpc) is 2.74. The average molecular weight is 421 g/mol. The second kappa shape index (κ2) is 8.42. The zero-order valence-corrected chi connectivity index (χ0v) is 16.4. The molecule has 0 bridgehead atoms. The largest absolute Gasteiger partial charge is 0.508 e. The molecule has 0 aliphatic rings. The molecule has 4 rings (SSSR count). The molecule has 0 saturated heterocycles. The first-order valence-electron chi connectivity index (χ1n) is 9.03. The highest BCUT2D eigenvalue weighted by Crippen LogP contribution is 2.25. The van der Waals surface area contributed by atoms with Gasteiger partial charge in [-0.1, -0.05) is 0 Å². The molecule has 1 aromatic heterocycles. The fourth-order valence-corrected chi connectivity index (χ4v) is 3.70. The maximum Gasteiger partial charge on any atom is 0.340 e. The van der Waals surface area contributed by atoms with Crippen LogP contribution in [0.1, 0.15) is 15.9 Å². The van der Waals surface area contributed by atoms with Gasteiger partial charge in [0.1, 0.15) is 17.1 Å². The monoisotopic (exact) mass is 421 g/mol. The van der Waals surface area contributed by atoms with Gasteiger partial charge >= 0.3 is 5.63 Å². The summed E-state index contributed by atoms with van der Waals surface area (Å²) in [5.41, 5.74) is 1.40. The summed E-state index contributed by atoms with van der Waals surface area (Å²) < 4.78 is 18.2. The number of aromatic hydroxyl groups is 1. The molecule has 1 amide bonds. The minimum Gasteiger partial charge on any atom is -0.508 e. The molecule has 4 aromatic rings. The summed E-state index contributed by atoms with van der Waals surface area (Å²) in [5.74, 6) is -0.262. The van der Waals surface area contributed by atoms with E-state index in [1.807, 2.05) is 12.1 Å². The van der Waals surface area contributed by atoms with Crippen LogP contribution in [0.5, 0.6) is 5.75 Å². The van der Waals surface area contributed by atoms with Gasteiger partial charge in [-0.25, -0.2) is 9.18 Å². The predicted octanol–water partition coefficient (Wildman–Crippen LogP) is 5.18.